The summed E-state index contributed by atoms with van der Waals surface area (Å²) in [6.45, 7) is 0. The molecule has 0 atom stereocenters. The molecule has 5 nitrogen and oxygen atoms in total. The normalized spacial score (nSPS) is 21.1. The van der Waals surface area contributed by atoms with Gasteiger partial charge in [-0.2, -0.15) is 0 Å². The van der Waals surface area contributed by atoms with Gasteiger partial charge in [0, 0.05) is 12.5 Å². The number of nitrogens with zero attached hydrogens (tertiary/aromatic N) is 1. The van der Waals surface area contributed by atoms with Gasteiger partial charge >= 0.3 is 0 Å². The number of allylic oxidation sites excluding steroid dienone is 1. The fraction of sp³-hybridized carbons (Fsp3) is 0.333. The molecule has 0 aromatic carbocycles. The van der Waals surface area contributed by atoms with E-state index in [0.29, 0.717) is 6.42 Å². The number of hydrogen-bond donors (Lipinski definition) is 2. The van der Waals surface area contributed by atoms with E-state index in [2.05, 4.69) is 0 Å². The summed E-state index contributed by atoms with van der Waals surface area (Å²) in [5, 5.41) is 10.2. The van der Waals surface area contributed by atoms with Crippen molar-refractivity contribution in [2.45, 2.75) is 12.1 Å². The molecule has 11 heavy (non-hydrogen) atoms. The van der Waals surface area contributed by atoms with Gasteiger partial charge in [0.1, 0.15) is 0 Å². The van der Waals surface area contributed by atoms with Crippen LogP contribution in [0.2, 0.25) is 0 Å². The maximum Gasteiger partial charge on any atom is 0.265 e. The molecule has 60 valence electrons. The van der Waals surface area contributed by atoms with Crippen molar-refractivity contribution in [3.8, 4) is 0 Å². The Morgan fingerprint density at radius 1 is 1.64 bits per heavy atom. The zero-order valence-electron chi connectivity index (χ0n) is 5.86. The molecule has 0 fully saturated rings. The summed E-state index contributed by atoms with van der Waals surface area (Å²) in [6.07, 6.45) is 4.48. The molecule has 5 heteroatoms. The van der Waals surface area contributed by atoms with Crippen LogP contribution in [0.1, 0.15) is 6.42 Å². The lowest BCUT2D eigenvalue weighted by atomic mass is 10.0. The molecular formula is C6H9N3O2. The molecule has 0 saturated carbocycles. The summed E-state index contributed by atoms with van der Waals surface area (Å²) in [7, 11) is 0. The first-order valence-corrected chi connectivity index (χ1v) is 3.13. The van der Waals surface area contributed by atoms with E-state index in [1.165, 1.54) is 18.2 Å². The average molecular weight is 155 g/mol. The third-order valence-corrected chi connectivity index (χ3v) is 1.44. The van der Waals surface area contributed by atoms with Gasteiger partial charge in [-0.3, -0.25) is 10.1 Å². The number of hydrogen-bond acceptors (Lipinski definition) is 4. The SMILES string of the molecule is NC1(N)C=CC([N+](=O)[O-])=CC1. The van der Waals surface area contributed by atoms with Gasteiger partial charge in [0.25, 0.3) is 5.70 Å². The van der Waals surface area contributed by atoms with Crippen LogP contribution in [0.4, 0.5) is 0 Å². The van der Waals surface area contributed by atoms with Crippen molar-refractivity contribution in [1.82, 2.24) is 0 Å². The fourth-order valence-electron chi connectivity index (χ4n) is 0.793. The molecule has 0 heterocycles. The highest BCUT2D eigenvalue weighted by atomic mass is 16.6. The van der Waals surface area contributed by atoms with E-state index in [-0.39, 0.29) is 5.70 Å². The Hall–Kier alpha value is -1.20. The second-order valence-electron chi connectivity index (χ2n) is 2.54. The van der Waals surface area contributed by atoms with Gasteiger partial charge in [-0.1, -0.05) is 0 Å². The Kier molecular flexibility index (Phi) is 1.76. The Morgan fingerprint density at radius 3 is 2.64 bits per heavy atom. The van der Waals surface area contributed by atoms with Crippen molar-refractivity contribution < 1.29 is 4.92 Å². The van der Waals surface area contributed by atoms with Crippen molar-refractivity contribution in [3.05, 3.63) is 34.0 Å². The monoisotopic (exact) mass is 155 g/mol. The maximum absolute atomic E-state index is 10.2. The van der Waals surface area contributed by atoms with Crippen molar-refractivity contribution in [2.24, 2.45) is 11.5 Å². The Balaban J connectivity index is 2.75. The largest absolute Gasteiger partial charge is 0.310 e. The minimum atomic E-state index is -0.917. The molecule has 0 amide bonds. The highest BCUT2D eigenvalue weighted by molar-refractivity contribution is 5.22. The highest BCUT2D eigenvalue weighted by Gasteiger charge is 2.21. The van der Waals surface area contributed by atoms with Crippen molar-refractivity contribution in [3.63, 3.8) is 0 Å². The summed E-state index contributed by atoms with van der Waals surface area (Å²) < 4.78 is 0. The predicted molar refractivity (Wildman–Crippen MR) is 39.9 cm³/mol. The van der Waals surface area contributed by atoms with Gasteiger partial charge < -0.3 is 11.5 Å². The van der Waals surface area contributed by atoms with Crippen LogP contribution in [0.15, 0.2) is 23.9 Å². The number of nitro groups is 1. The van der Waals surface area contributed by atoms with Gasteiger partial charge in [-0.05, 0) is 12.2 Å². The average Bonchev–Trinajstić information content (AvgIpc) is 1.86. The standard InChI is InChI=1S/C6H9N3O2/c7-6(8)3-1-5(2-4-6)9(10)11/h1-3H,4,7-8H2. The minimum absolute atomic E-state index is 0.0523. The lowest BCUT2D eigenvalue weighted by Crippen LogP contribution is -2.47. The fourth-order valence-corrected chi connectivity index (χ4v) is 0.793. The van der Waals surface area contributed by atoms with Gasteiger partial charge in [-0.25, -0.2) is 0 Å². The zero-order valence-corrected chi connectivity index (χ0v) is 5.86. The Bertz CT molecular complexity index is 242. The summed E-state index contributed by atoms with van der Waals surface area (Å²) in [5.41, 5.74) is 10.1. The molecule has 4 N–H and O–H groups in total. The first kappa shape index (κ1) is 7.90. The molecule has 0 aromatic heterocycles. The quantitative estimate of drug-likeness (QED) is 0.309. The van der Waals surface area contributed by atoms with Crippen LogP contribution < -0.4 is 11.5 Å². The molecule has 1 rings (SSSR count). The molecule has 0 spiro atoms. The van der Waals surface area contributed by atoms with E-state index < -0.39 is 10.6 Å². The second kappa shape index (κ2) is 2.44. The van der Waals surface area contributed by atoms with E-state index in [1.807, 2.05) is 0 Å². The summed E-state index contributed by atoms with van der Waals surface area (Å²) in [4.78, 5) is 9.70. The van der Waals surface area contributed by atoms with Gasteiger partial charge in [-0.15, -0.1) is 0 Å². The minimum Gasteiger partial charge on any atom is -0.310 e. The molecule has 0 aliphatic heterocycles. The summed E-state index contributed by atoms with van der Waals surface area (Å²) in [6, 6.07) is 0. The third kappa shape index (κ3) is 1.86. The Labute approximate surface area is 63.5 Å². The van der Waals surface area contributed by atoms with E-state index in [4.69, 9.17) is 11.5 Å². The molecule has 1 aliphatic carbocycles. The van der Waals surface area contributed by atoms with Crippen LogP contribution >= 0.6 is 0 Å². The van der Waals surface area contributed by atoms with Gasteiger partial charge in [0.15, 0.2) is 0 Å². The molecular weight excluding hydrogens is 146 g/mol. The van der Waals surface area contributed by atoms with Crippen LogP contribution in [0.25, 0.3) is 0 Å². The number of rotatable bonds is 1. The topological polar surface area (TPSA) is 95.2 Å². The van der Waals surface area contributed by atoms with Crippen LogP contribution in [-0.2, 0) is 0 Å². The number of nitrogens with two attached hydrogens (primary N) is 2. The van der Waals surface area contributed by atoms with Crippen molar-refractivity contribution in [2.75, 3.05) is 0 Å². The third-order valence-electron chi connectivity index (χ3n) is 1.44. The summed E-state index contributed by atoms with van der Waals surface area (Å²) >= 11 is 0. The van der Waals surface area contributed by atoms with Crippen LogP contribution in [0.5, 0.6) is 0 Å². The van der Waals surface area contributed by atoms with E-state index in [9.17, 15) is 10.1 Å². The second-order valence-corrected chi connectivity index (χ2v) is 2.54. The first-order chi connectivity index (χ1) is 5.01. The molecule has 0 radical (unpaired) electrons. The molecule has 0 bridgehead atoms. The Morgan fingerprint density at radius 2 is 2.27 bits per heavy atom. The van der Waals surface area contributed by atoms with E-state index >= 15 is 0 Å². The van der Waals surface area contributed by atoms with E-state index in [0.717, 1.165) is 0 Å². The van der Waals surface area contributed by atoms with Crippen molar-refractivity contribution >= 4 is 0 Å². The molecule has 0 aromatic rings. The van der Waals surface area contributed by atoms with Crippen LogP contribution in [-0.4, -0.2) is 10.6 Å². The van der Waals surface area contributed by atoms with Gasteiger partial charge in [0.2, 0.25) is 0 Å². The lowest BCUT2D eigenvalue weighted by Gasteiger charge is -2.19. The maximum atomic E-state index is 10.2. The van der Waals surface area contributed by atoms with Crippen molar-refractivity contribution in [1.29, 1.82) is 0 Å². The molecule has 1 aliphatic rings. The predicted octanol–water partition coefficient (Wildman–Crippen LogP) is -0.279. The lowest BCUT2D eigenvalue weighted by molar-refractivity contribution is -0.419. The van der Waals surface area contributed by atoms with E-state index in [1.54, 1.807) is 0 Å². The zero-order chi connectivity index (χ0) is 8.48. The summed E-state index contributed by atoms with van der Waals surface area (Å²) in [5.74, 6) is 0. The smallest absolute Gasteiger partial charge is 0.265 e. The van der Waals surface area contributed by atoms with Gasteiger partial charge in [0.05, 0.1) is 10.6 Å². The highest BCUT2D eigenvalue weighted by Crippen LogP contribution is 2.13. The molecule has 0 saturated heterocycles. The van der Waals surface area contributed by atoms with Crippen LogP contribution in [0, 0.1) is 10.1 Å². The van der Waals surface area contributed by atoms with Crippen LogP contribution in [0.3, 0.4) is 0 Å². The first-order valence-electron chi connectivity index (χ1n) is 3.13. The molecule has 0 unspecified atom stereocenters.